The van der Waals surface area contributed by atoms with Gasteiger partial charge >= 0.3 is 0 Å². The molecule has 0 saturated carbocycles. The molecule has 3 aromatic rings. The topological polar surface area (TPSA) is 85.8 Å². The molecule has 0 unspecified atom stereocenters. The van der Waals surface area contributed by atoms with Crippen LogP contribution in [0.15, 0.2) is 36.7 Å². The van der Waals surface area contributed by atoms with Crippen LogP contribution < -0.4 is 10.6 Å². The van der Waals surface area contributed by atoms with E-state index in [-0.39, 0.29) is 5.91 Å². The number of ether oxygens (including phenoxy) is 1. The number of anilines is 2. The number of aromatic nitrogens is 3. The standard InChI is InChI=1S/C18H18ClN5O2/c1-18(2)17(25)23(6-7-26-18)12-5-3-4-11(8-12)14-9-13(19)15-16(20)21-10-22-24(14)15/h3-5,8-10H,6-7H2,1-2H3,(H2,20,21,22). The number of amides is 1. The van der Waals surface area contributed by atoms with Gasteiger partial charge < -0.3 is 15.4 Å². The van der Waals surface area contributed by atoms with E-state index in [0.29, 0.717) is 29.5 Å². The number of benzene rings is 1. The van der Waals surface area contributed by atoms with Gasteiger partial charge in [-0.15, -0.1) is 0 Å². The van der Waals surface area contributed by atoms with Gasteiger partial charge in [-0.1, -0.05) is 23.7 Å². The summed E-state index contributed by atoms with van der Waals surface area (Å²) in [5.41, 5.74) is 8.11. The van der Waals surface area contributed by atoms with Gasteiger partial charge in [0.05, 0.1) is 17.3 Å². The second kappa shape index (κ2) is 5.96. The molecule has 26 heavy (non-hydrogen) atoms. The highest BCUT2D eigenvalue weighted by Gasteiger charge is 2.37. The van der Waals surface area contributed by atoms with Crippen molar-refractivity contribution in [2.75, 3.05) is 23.8 Å². The Morgan fingerprint density at radius 1 is 1.31 bits per heavy atom. The average Bonchev–Trinajstić information content (AvgIpc) is 2.96. The molecule has 8 heteroatoms. The predicted octanol–water partition coefficient (Wildman–Crippen LogP) is 2.77. The number of hydrogen-bond donors (Lipinski definition) is 1. The van der Waals surface area contributed by atoms with Crippen LogP contribution in [0, 0.1) is 0 Å². The first kappa shape index (κ1) is 16.8. The Morgan fingerprint density at radius 2 is 2.12 bits per heavy atom. The van der Waals surface area contributed by atoms with Crippen molar-refractivity contribution in [3.05, 3.63) is 41.7 Å². The van der Waals surface area contributed by atoms with Crippen molar-refractivity contribution in [2.45, 2.75) is 19.4 Å². The molecule has 1 saturated heterocycles. The van der Waals surface area contributed by atoms with E-state index in [0.717, 1.165) is 16.9 Å². The Labute approximate surface area is 155 Å². The van der Waals surface area contributed by atoms with Gasteiger partial charge in [0, 0.05) is 17.8 Å². The zero-order valence-corrected chi connectivity index (χ0v) is 15.2. The number of halogens is 1. The van der Waals surface area contributed by atoms with Crippen LogP contribution in [0.2, 0.25) is 5.02 Å². The molecule has 3 heterocycles. The van der Waals surface area contributed by atoms with E-state index in [4.69, 9.17) is 22.1 Å². The number of nitrogen functional groups attached to an aromatic ring is 1. The number of carbonyl (C=O) groups excluding carboxylic acids is 1. The monoisotopic (exact) mass is 371 g/mol. The first-order chi connectivity index (χ1) is 12.4. The SMILES string of the molecule is CC1(C)OCCN(c2cccc(-c3cc(Cl)c4c(N)ncnn34)c2)C1=O. The first-order valence-corrected chi connectivity index (χ1v) is 8.60. The average molecular weight is 372 g/mol. The summed E-state index contributed by atoms with van der Waals surface area (Å²) in [5, 5.41) is 4.74. The van der Waals surface area contributed by atoms with E-state index in [1.165, 1.54) is 6.33 Å². The summed E-state index contributed by atoms with van der Waals surface area (Å²) in [6.07, 6.45) is 1.39. The summed E-state index contributed by atoms with van der Waals surface area (Å²) in [4.78, 5) is 18.4. The molecule has 1 fully saturated rings. The highest BCUT2D eigenvalue weighted by molar-refractivity contribution is 6.35. The second-order valence-electron chi connectivity index (χ2n) is 6.65. The zero-order valence-electron chi connectivity index (χ0n) is 14.4. The van der Waals surface area contributed by atoms with Gasteiger partial charge in [-0.2, -0.15) is 5.10 Å². The number of morpholine rings is 1. The lowest BCUT2D eigenvalue weighted by molar-refractivity contribution is -0.144. The summed E-state index contributed by atoms with van der Waals surface area (Å²) >= 11 is 6.32. The Hall–Kier alpha value is -2.64. The summed E-state index contributed by atoms with van der Waals surface area (Å²) in [6, 6.07) is 9.49. The van der Waals surface area contributed by atoms with Crippen molar-refractivity contribution in [3.8, 4) is 11.3 Å². The van der Waals surface area contributed by atoms with E-state index in [9.17, 15) is 4.79 Å². The number of nitrogens with zero attached hydrogens (tertiary/aromatic N) is 4. The summed E-state index contributed by atoms with van der Waals surface area (Å²) < 4.78 is 7.24. The van der Waals surface area contributed by atoms with Crippen LogP contribution in [0.1, 0.15) is 13.8 Å². The van der Waals surface area contributed by atoms with Crippen molar-refractivity contribution in [1.82, 2.24) is 14.6 Å². The first-order valence-electron chi connectivity index (χ1n) is 8.22. The van der Waals surface area contributed by atoms with Crippen LogP contribution in [0.4, 0.5) is 11.5 Å². The minimum atomic E-state index is -0.832. The Balaban J connectivity index is 1.80. The Kier molecular flexibility index (Phi) is 3.86. The summed E-state index contributed by atoms with van der Waals surface area (Å²) in [6.45, 7) is 4.57. The van der Waals surface area contributed by atoms with Crippen LogP contribution in [-0.2, 0) is 9.53 Å². The number of fused-ring (bicyclic) bond motifs is 1. The smallest absolute Gasteiger partial charge is 0.258 e. The van der Waals surface area contributed by atoms with E-state index >= 15 is 0 Å². The second-order valence-corrected chi connectivity index (χ2v) is 7.06. The third-order valence-corrected chi connectivity index (χ3v) is 4.82. The summed E-state index contributed by atoms with van der Waals surface area (Å²) in [5.74, 6) is 0.253. The summed E-state index contributed by atoms with van der Waals surface area (Å²) in [7, 11) is 0. The van der Waals surface area contributed by atoms with Gasteiger partial charge in [0.25, 0.3) is 5.91 Å². The molecule has 0 aliphatic carbocycles. The lowest BCUT2D eigenvalue weighted by Gasteiger charge is -2.37. The minimum absolute atomic E-state index is 0.0643. The van der Waals surface area contributed by atoms with E-state index in [1.54, 1.807) is 29.3 Å². The van der Waals surface area contributed by atoms with Crippen LogP contribution in [0.25, 0.3) is 16.8 Å². The molecule has 1 amide bonds. The molecular weight excluding hydrogens is 354 g/mol. The van der Waals surface area contributed by atoms with Crippen molar-refractivity contribution in [3.63, 3.8) is 0 Å². The molecule has 2 aromatic heterocycles. The zero-order chi connectivity index (χ0) is 18.5. The number of carbonyl (C=O) groups is 1. The molecule has 1 aliphatic rings. The molecule has 2 N–H and O–H groups in total. The quantitative estimate of drug-likeness (QED) is 0.748. The maximum atomic E-state index is 12.7. The van der Waals surface area contributed by atoms with E-state index in [2.05, 4.69) is 10.1 Å². The molecule has 1 aliphatic heterocycles. The fourth-order valence-electron chi connectivity index (χ4n) is 3.19. The normalized spacial score (nSPS) is 17.0. The minimum Gasteiger partial charge on any atom is -0.382 e. The number of rotatable bonds is 2. The number of nitrogens with two attached hydrogens (primary N) is 1. The third kappa shape index (κ3) is 2.60. The number of hydrogen-bond acceptors (Lipinski definition) is 5. The maximum absolute atomic E-state index is 12.7. The van der Waals surface area contributed by atoms with Gasteiger partial charge in [-0.25, -0.2) is 9.50 Å². The fraction of sp³-hybridized carbons (Fsp3) is 0.278. The largest absolute Gasteiger partial charge is 0.382 e. The Morgan fingerprint density at radius 3 is 2.92 bits per heavy atom. The maximum Gasteiger partial charge on any atom is 0.258 e. The molecule has 0 spiro atoms. The van der Waals surface area contributed by atoms with Gasteiger partial charge in [-0.3, -0.25) is 4.79 Å². The van der Waals surface area contributed by atoms with Gasteiger partial charge in [0.2, 0.25) is 0 Å². The van der Waals surface area contributed by atoms with E-state index in [1.807, 2.05) is 24.3 Å². The Bertz CT molecular complexity index is 1010. The fourth-order valence-corrected chi connectivity index (χ4v) is 3.47. The molecule has 4 rings (SSSR count). The molecule has 1 aromatic carbocycles. The van der Waals surface area contributed by atoms with Gasteiger partial charge in [0.1, 0.15) is 17.4 Å². The molecule has 7 nitrogen and oxygen atoms in total. The molecular formula is C18H18ClN5O2. The molecule has 0 radical (unpaired) electrons. The van der Waals surface area contributed by atoms with Crippen molar-refractivity contribution in [1.29, 1.82) is 0 Å². The van der Waals surface area contributed by atoms with Crippen LogP contribution in [0.3, 0.4) is 0 Å². The molecule has 0 atom stereocenters. The lowest BCUT2D eigenvalue weighted by atomic mass is 10.0. The van der Waals surface area contributed by atoms with Crippen LogP contribution >= 0.6 is 11.6 Å². The molecule has 134 valence electrons. The highest BCUT2D eigenvalue weighted by Crippen LogP contribution is 2.33. The van der Waals surface area contributed by atoms with E-state index < -0.39 is 5.60 Å². The van der Waals surface area contributed by atoms with Gasteiger partial charge in [0.15, 0.2) is 5.82 Å². The van der Waals surface area contributed by atoms with Gasteiger partial charge in [-0.05, 0) is 32.0 Å². The highest BCUT2D eigenvalue weighted by atomic mass is 35.5. The van der Waals surface area contributed by atoms with Crippen LogP contribution in [-0.4, -0.2) is 39.3 Å². The van der Waals surface area contributed by atoms with Crippen LogP contribution in [0.5, 0.6) is 0 Å². The lowest BCUT2D eigenvalue weighted by Crippen LogP contribution is -2.53. The predicted molar refractivity (Wildman–Crippen MR) is 100 cm³/mol. The molecule has 0 bridgehead atoms. The third-order valence-electron chi connectivity index (χ3n) is 4.53. The van der Waals surface area contributed by atoms with Crippen molar-refractivity contribution >= 4 is 34.5 Å². The van der Waals surface area contributed by atoms with Crippen molar-refractivity contribution in [2.24, 2.45) is 0 Å². The van der Waals surface area contributed by atoms with Crippen molar-refractivity contribution < 1.29 is 9.53 Å².